The fraction of sp³-hybridized carbons (Fsp3) is 0.467. The molecular weight excluding hydrogens is 318 g/mol. The van der Waals surface area contributed by atoms with Crippen molar-refractivity contribution in [3.8, 4) is 0 Å². The second kappa shape index (κ2) is 5.66. The smallest absolute Gasteiger partial charge is 0.112 e. The third-order valence-electron chi connectivity index (χ3n) is 3.82. The van der Waals surface area contributed by atoms with Crippen LogP contribution in [-0.4, -0.2) is 33.8 Å². The van der Waals surface area contributed by atoms with Gasteiger partial charge in [0.2, 0.25) is 0 Å². The van der Waals surface area contributed by atoms with Gasteiger partial charge >= 0.3 is 0 Å². The molecule has 2 aromatic heterocycles. The van der Waals surface area contributed by atoms with Gasteiger partial charge in [0.25, 0.3) is 0 Å². The Bertz CT molecular complexity index is 617. The summed E-state index contributed by atoms with van der Waals surface area (Å²) in [4.78, 5) is 11.3. The molecule has 1 fully saturated rings. The number of nitrogens with zero attached hydrogens (tertiary/aromatic N) is 3. The molecule has 106 valence electrons. The lowest BCUT2D eigenvalue weighted by atomic mass is 10.1. The zero-order valence-electron chi connectivity index (χ0n) is 11.5. The number of pyridine rings is 2. The number of aromatic nitrogens is 2. The maximum atomic E-state index is 9.67. The van der Waals surface area contributed by atoms with Gasteiger partial charge in [-0.1, -0.05) is 0 Å². The van der Waals surface area contributed by atoms with Crippen molar-refractivity contribution in [1.29, 1.82) is 0 Å². The predicted molar refractivity (Wildman–Crippen MR) is 83.9 cm³/mol. The maximum Gasteiger partial charge on any atom is 0.112 e. The first-order chi connectivity index (χ1) is 9.65. The van der Waals surface area contributed by atoms with E-state index in [1.165, 1.54) is 0 Å². The van der Waals surface area contributed by atoms with E-state index in [1.807, 2.05) is 31.5 Å². The Labute approximate surface area is 127 Å². The molecule has 0 bridgehead atoms. The van der Waals surface area contributed by atoms with Gasteiger partial charge in [-0.3, -0.25) is 9.97 Å². The molecule has 1 aliphatic heterocycles. The lowest BCUT2D eigenvalue weighted by Gasteiger charge is -2.28. The van der Waals surface area contributed by atoms with Crippen molar-refractivity contribution in [3.63, 3.8) is 0 Å². The van der Waals surface area contributed by atoms with Gasteiger partial charge < -0.3 is 10.0 Å². The van der Waals surface area contributed by atoms with Gasteiger partial charge in [-0.2, -0.15) is 0 Å². The third kappa shape index (κ3) is 2.65. The van der Waals surface area contributed by atoms with Crippen LogP contribution in [0.3, 0.4) is 0 Å². The van der Waals surface area contributed by atoms with E-state index in [0.717, 1.165) is 47.0 Å². The first-order valence-electron chi connectivity index (χ1n) is 7.00. The molecule has 1 N–H and O–H groups in total. The van der Waals surface area contributed by atoms with Gasteiger partial charge in [0.05, 0.1) is 17.3 Å². The summed E-state index contributed by atoms with van der Waals surface area (Å²) < 4.78 is 0.941. The van der Waals surface area contributed by atoms with Crippen LogP contribution in [-0.2, 0) is 0 Å². The van der Waals surface area contributed by atoms with Gasteiger partial charge in [0.1, 0.15) is 5.52 Å². The average Bonchev–Trinajstić information content (AvgIpc) is 2.84. The lowest BCUT2D eigenvalue weighted by Crippen LogP contribution is -2.32. The molecule has 0 aromatic carbocycles. The summed E-state index contributed by atoms with van der Waals surface area (Å²) in [6.07, 6.45) is 6.48. The minimum Gasteiger partial charge on any atom is -0.393 e. The fourth-order valence-electron chi connectivity index (χ4n) is 3.01. The number of fused-ring (bicyclic) bond motifs is 1. The van der Waals surface area contributed by atoms with Crippen LogP contribution in [0.25, 0.3) is 11.0 Å². The zero-order chi connectivity index (χ0) is 14.1. The van der Waals surface area contributed by atoms with Gasteiger partial charge in [0.15, 0.2) is 0 Å². The number of aliphatic hydroxyl groups excluding tert-OH is 1. The normalized spacial score (nSPS) is 20.6. The Hall–Kier alpha value is -1.20. The van der Waals surface area contributed by atoms with Crippen LogP contribution in [0, 0.1) is 0 Å². The van der Waals surface area contributed by atoms with E-state index in [4.69, 9.17) is 0 Å². The van der Waals surface area contributed by atoms with Crippen molar-refractivity contribution in [2.45, 2.75) is 38.3 Å². The molecule has 1 aliphatic rings. The molecule has 0 unspecified atom stereocenters. The Morgan fingerprint density at radius 2 is 2.35 bits per heavy atom. The van der Waals surface area contributed by atoms with E-state index in [0.29, 0.717) is 6.04 Å². The molecule has 20 heavy (non-hydrogen) atoms. The lowest BCUT2D eigenvalue weighted by molar-refractivity contribution is 0.175. The summed E-state index contributed by atoms with van der Waals surface area (Å²) in [5.74, 6) is 0. The molecule has 0 radical (unpaired) electrons. The summed E-state index contributed by atoms with van der Waals surface area (Å²) in [7, 11) is 0. The summed E-state index contributed by atoms with van der Waals surface area (Å²) in [5.41, 5.74) is 2.97. The van der Waals surface area contributed by atoms with E-state index >= 15 is 0 Å². The number of rotatable bonds is 3. The van der Waals surface area contributed by atoms with Crippen molar-refractivity contribution in [2.24, 2.45) is 0 Å². The Kier molecular flexibility index (Phi) is 3.89. The second-order valence-corrected chi connectivity index (χ2v) is 6.34. The second-order valence-electron chi connectivity index (χ2n) is 5.43. The van der Waals surface area contributed by atoms with E-state index in [2.05, 4.69) is 30.8 Å². The van der Waals surface area contributed by atoms with Crippen LogP contribution in [0.5, 0.6) is 0 Å². The summed E-state index contributed by atoms with van der Waals surface area (Å²) in [5, 5.41) is 9.67. The summed E-state index contributed by atoms with van der Waals surface area (Å²) in [6, 6.07) is 4.42. The quantitative estimate of drug-likeness (QED) is 0.936. The largest absolute Gasteiger partial charge is 0.393 e. The average molecular weight is 336 g/mol. The number of hydrogen-bond acceptors (Lipinski definition) is 4. The van der Waals surface area contributed by atoms with Crippen LogP contribution in [0.1, 0.15) is 26.2 Å². The Morgan fingerprint density at radius 1 is 1.50 bits per heavy atom. The van der Waals surface area contributed by atoms with Crippen molar-refractivity contribution >= 4 is 32.7 Å². The fourth-order valence-corrected chi connectivity index (χ4v) is 3.33. The molecule has 0 spiro atoms. The molecule has 5 heteroatoms. The highest BCUT2D eigenvalue weighted by Crippen LogP contribution is 2.32. The van der Waals surface area contributed by atoms with Gasteiger partial charge in [0, 0.05) is 29.5 Å². The standard InChI is InChI=1S/C15H18BrN3O/c1-10(20)7-12-3-2-6-19(12)14-4-5-17-13-8-11(16)9-18-15(13)14/h4-5,8-10,12,20H,2-3,6-7H2,1H3/t10-,12-/m1/s1. The van der Waals surface area contributed by atoms with E-state index in [9.17, 15) is 5.11 Å². The van der Waals surface area contributed by atoms with E-state index in [-0.39, 0.29) is 6.10 Å². The first kappa shape index (κ1) is 13.8. The number of aliphatic hydroxyl groups is 1. The highest BCUT2D eigenvalue weighted by Gasteiger charge is 2.27. The highest BCUT2D eigenvalue weighted by molar-refractivity contribution is 9.10. The van der Waals surface area contributed by atoms with Crippen LogP contribution in [0.15, 0.2) is 29.0 Å². The monoisotopic (exact) mass is 335 g/mol. The minimum atomic E-state index is -0.268. The van der Waals surface area contributed by atoms with E-state index < -0.39 is 0 Å². The Morgan fingerprint density at radius 3 is 3.15 bits per heavy atom. The number of anilines is 1. The summed E-state index contributed by atoms with van der Waals surface area (Å²) >= 11 is 3.44. The van der Waals surface area contributed by atoms with Gasteiger partial charge in [-0.15, -0.1) is 0 Å². The van der Waals surface area contributed by atoms with Crippen LogP contribution in [0.2, 0.25) is 0 Å². The zero-order valence-corrected chi connectivity index (χ0v) is 13.0. The molecule has 2 aromatic rings. The molecular formula is C15H18BrN3O. The van der Waals surface area contributed by atoms with Crippen LogP contribution >= 0.6 is 15.9 Å². The molecule has 2 atom stereocenters. The molecule has 0 saturated carbocycles. The highest BCUT2D eigenvalue weighted by atomic mass is 79.9. The summed E-state index contributed by atoms with van der Waals surface area (Å²) in [6.45, 7) is 2.88. The first-order valence-corrected chi connectivity index (χ1v) is 7.79. The number of hydrogen-bond donors (Lipinski definition) is 1. The molecule has 3 heterocycles. The molecule has 1 saturated heterocycles. The third-order valence-corrected chi connectivity index (χ3v) is 4.26. The van der Waals surface area contributed by atoms with Gasteiger partial charge in [-0.25, -0.2) is 0 Å². The van der Waals surface area contributed by atoms with Crippen molar-refractivity contribution in [3.05, 3.63) is 29.0 Å². The topological polar surface area (TPSA) is 49.2 Å². The Balaban J connectivity index is 2.01. The number of halogens is 1. The molecule has 3 rings (SSSR count). The minimum absolute atomic E-state index is 0.268. The predicted octanol–water partition coefficient (Wildman–Crippen LogP) is 3.13. The van der Waals surface area contributed by atoms with Crippen molar-refractivity contribution in [1.82, 2.24) is 9.97 Å². The molecule has 4 nitrogen and oxygen atoms in total. The van der Waals surface area contributed by atoms with Crippen LogP contribution < -0.4 is 4.90 Å². The van der Waals surface area contributed by atoms with Gasteiger partial charge in [-0.05, 0) is 54.2 Å². The maximum absolute atomic E-state index is 9.67. The van der Waals surface area contributed by atoms with Crippen molar-refractivity contribution in [2.75, 3.05) is 11.4 Å². The molecule has 0 aliphatic carbocycles. The van der Waals surface area contributed by atoms with Crippen molar-refractivity contribution < 1.29 is 5.11 Å². The van der Waals surface area contributed by atoms with Crippen LogP contribution in [0.4, 0.5) is 5.69 Å². The molecule has 0 amide bonds. The SMILES string of the molecule is C[C@@H](O)C[C@H]1CCCN1c1ccnc2cc(Br)cnc12. The van der Waals surface area contributed by atoms with E-state index in [1.54, 1.807) is 0 Å².